The molecule has 0 bridgehead atoms. The lowest BCUT2D eigenvalue weighted by Gasteiger charge is -2.12. The van der Waals surface area contributed by atoms with Crippen molar-refractivity contribution in [2.45, 2.75) is 31.9 Å². The molecule has 1 aliphatic rings. The van der Waals surface area contributed by atoms with Crippen molar-refractivity contribution < 1.29 is 18.0 Å². The van der Waals surface area contributed by atoms with Crippen LogP contribution in [0.2, 0.25) is 0 Å². The average Bonchev–Trinajstić information content (AvgIpc) is 3.41. The summed E-state index contributed by atoms with van der Waals surface area (Å²) < 4.78 is 44.3. The Bertz CT molecular complexity index is 1350. The molecule has 1 N–H and O–H groups in total. The zero-order valence-corrected chi connectivity index (χ0v) is 18.0. The van der Waals surface area contributed by atoms with Crippen LogP contribution in [0.1, 0.15) is 45.5 Å². The molecule has 5 rings (SSSR count). The molecule has 0 saturated heterocycles. The molecule has 1 fully saturated rings. The van der Waals surface area contributed by atoms with Gasteiger partial charge in [-0.2, -0.15) is 18.3 Å². The van der Waals surface area contributed by atoms with Crippen LogP contribution in [0, 0.1) is 6.92 Å². The van der Waals surface area contributed by atoms with Crippen LogP contribution in [-0.2, 0) is 13.2 Å². The average molecular weight is 457 g/mol. The second-order valence-corrected chi connectivity index (χ2v) is 8.98. The number of hydrogen-bond donors (Lipinski definition) is 1. The van der Waals surface area contributed by atoms with E-state index in [2.05, 4.69) is 20.4 Å². The Balaban J connectivity index is 1.61. The number of amides is 1. The first-order valence-corrected chi connectivity index (χ1v) is 10.8. The van der Waals surface area contributed by atoms with Gasteiger partial charge in [-0.25, -0.2) is 4.98 Å². The number of halogens is 3. The summed E-state index contributed by atoms with van der Waals surface area (Å²) >= 11 is 1.29. The normalized spacial score (nSPS) is 14.2. The second-order valence-electron chi connectivity index (χ2n) is 7.78. The van der Waals surface area contributed by atoms with Gasteiger partial charge in [0.15, 0.2) is 0 Å². The molecule has 1 amide bonds. The van der Waals surface area contributed by atoms with Crippen molar-refractivity contribution in [3.05, 3.63) is 58.5 Å². The summed E-state index contributed by atoms with van der Waals surface area (Å²) in [6.07, 6.45) is -1.18. The van der Waals surface area contributed by atoms with Crippen molar-refractivity contribution in [1.82, 2.24) is 19.7 Å². The van der Waals surface area contributed by atoms with Crippen molar-refractivity contribution in [2.75, 3.05) is 5.32 Å². The molecule has 0 radical (unpaired) electrons. The number of benzene rings is 1. The van der Waals surface area contributed by atoms with Crippen LogP contribution >= 0.6 is 11.3 Å². The topological polar surface area (TPSA) is 72.7 Å². The molecule has 1 aliphatic carbocycles. The monoisotopic (exact) mass is 457 g/mol. The highest BCUT2D eigenvalue weighted by molar-refractivity contribution is 7.19. The van der Waals surface area contributed by atoms with E-state index >= 15 is 0 Å². The van der Waals surface area contributed by atoms with E-state index < -0.39 is 23.3 Å². The minimum Gasteiger partial charge on any atom is -0.321 e. The van der Waals surface area contributed by atoms with Gasteiger partial charge < -0.3 is 5.32 Å². The first-order chi connectivity index (χ1) is 15.2. The van der Waals surface area contributed by atoms with Gasteiger partial charge in [-0.15, -0.1) is 11.3 Å². The van der Waals surface area contributed by atoms with E-state index in [0.717, 1.165) is 28.2 Å². The molecule has 4 aromatic rings. The number of thiazole rings is 1. The quantitative estimate of drug-likeness (QED) is 0.436. The lowest BCUT2D eigenvalue weighted by Crippen LogP contribution is -2.21. The van der Waals surface area contributed by atoms with Crippen LogP contribution in [0.4, 0.5) is 18.9 Å². The van der Waals surface area contributed by atoms with Gasteiger partial charge in [-0.1, -0.05) is 12.1 Å². The SMILES string of the molecule is Cc1nc2cccc(-c3nn(C)c(C(=O)Nc4ccnc(C5CC5)c4)c3C(F)(F)F)c2s1. The summed E-state index contributed by atoms with van der Waals surface area (Å²) in [6.45, 7) is 1.79. The highest BCUT2D eigenvalue weighted by atomic mass is 32.1. The molecule has 1 saturated carbocycles. The Morgan fingerprint density at radius 3 is 2.75 bits per heavy atom. The van der Waals surface area contributed by atoms with Crippen molar-refractivity contribution >= 4 is 33.1 Å². The fourth-order valence-electron chi connectivity index (χ4n) is 3.81. The fraction of sp³-hybridized carbons (Fsp3) is 0.273. The number of carbonyl (C=O) groups is 1. The van der Waals surface area contributed by atoms with Gasteiger partial charge in [0.2, 0.25) is 0 Å². The third kappa shape index (κ3) is 3.64. The number of rotatable bonds is 4. The zero-order chi connectivity index (χ0) is 22.6. The van der Waals surface area contributed by atoms with E-state index in [1.54, 1.807) is 43.5 Å². The number of carbonyl (C=O) groups excluding carboxylic acids is 1. The Labute approximate surface area is 185 Å². The van der Waals surface area contributed by atoms with Gasteiger partial charge in [0.25, 0.3) is 5.91 Å². The predicted molar refractivity (Wildman–Crippen MR) is 116 cm³/mol. The maximum atomic E-state index is 14.2. The summed E-state index contributed by atoms with van der Waals surface area (Å²) in [6, 6.07) is 8.23. The van der Waals surface area contributed by atoms with Crippen molar-refractivity contribution in [3.63, 3.8) is 0 Å². The van der Waals surface area contributed by atoms with E-state index in [9.17, 15) is 18.0 Å². The summed E-state index contributed by atoms with van der Waals surface area (Å²) in [5, 5.41) is 7.45. The Hall–Kier alpha value is -3.27. The summed E-state index contributed by atoms with van der Waals surface area (Å²) in [5.74, 6) is -0.525. The molecule has 32 heavy (non-hydrogen) atoms. The third-order valence-electron chi connectivity index (χ3n) is 5.36. The molecular weight excluding hydrogens is 439 g/mol. The number of nitrogens with zero attached hydrogens (tertiary/aromatic N) is 4. The molecule has 164 valence electrons. The first-order valence-electron chi connectivity index (χ1n) is 10.0. The van der Waals surface area contributed by atoms with Crippen molar-refractivity contribution in [3.8, 4) is 11.3 Å². The van der Waals surface area contributed by atoms with E-state index in [1.807, 2.05) is 0 Å². The predicted octanol–water partition coefficient (Wildman–Crippen LogP) is 5.55. The lowest BCUT2D eigenvalue weighted by atomic mass is 10.0. The highest BCUT2D eigenvalue weighted by Crippen LogP contribution is 2.43. The van der Waals surface area contributed by atoms with E-state index in [-0.39, 0.29) is 5.69 Å². The minimum absolute atomic E-state index is 0.284. The van der Waals surface area contributed by atoms with Crippen molar-refractivity contribution in [1.29, 1.82) is 0 Å². The first kappa shape index (κ1) is 20.6. The van der Waals surface area contributed by atoms with E-state index in [0.29, 0.717) is 27.4 Å². The summed E-state index contributed by atoms with van der Waals surface area (Å²) in [5.41, 5.74) is 0.241. The molecule has 1 aromatic carbocycles. The number of fused-ring (bicyclic) bond motifs is 1. The smallest absolute Gasteiger partial charge is 0.321 e. The number of nitrogens with one attached hydrogen (secondary N) is 1. The number of hydrogen-bond acceptors (Lipinski definition) is 5. The Morgan fingerprint density at radius 1 is 1.25 bits per heavy atom. The number of alkyl halides is 3. The molecule has 0 unspecified atom stereocenters. The number of pyridine rings is 1. The van der Waals surface area contributed by atoms with Gasteiger partial charge in [-0.05, 0) is 38.0 Å². The Morgan fingerprint density at radius 2 is 2.03 bits per heavy atom. The number of aromatic nitrogens is 4. The molecule has 10 heteroatoms. The van der Waals surface area contributed by atoms with Crippen LogP contribution in [-0.4, -0.2) is 25.7 Å². The molecular formula is C22H18F3N5OS. The van der Waals surface area contributed by atoms with Crippen LogP contribution in [0.15, 0.2) is 36.5 Å². The van der Waals surface area contributed by atoms with Crippen LogP contribution in [0.5, 0.6) is 0 Å². The summed E-state index contributed by atoms with van der Waals surface area (Å²) in [4.78, 5) is 21.6. The van der Waals surface area contributed by atoms with E-state index in [1.165, 1.54) is 18.4 Å². The van der Waals surface area contributed by atoms with Gasteiger partial charge in [0.05, 0.1) is 15.2 Å². The van der Waals surface area contributed by atoms with Gasteiger partial charge in [0.1, 0.15) is 17.0 Å². The van der Waals surface area contributed by atoms with Gasteiger partial charge in [-0.3, -0.25) is 14.5 Å². The number of anilines is 1. The summed E-state index contributed by atoms with van der Waals surface area (Å²) in [7, 11) is 1.34. The third-order valence-corrected chi connectivity index (χ3v) is 6.38. The van der Waals surface area contributed by atoms with Crippen LogP contribution < -0.4 is 5.32 Å². The molecule has 0 aliphatic heterocycles. The maximum absolute atomic E-state index is 14.2. The van der Waals surface area contributed by atoms with Crippen molar-refractivity contribution in [2.24, 2.45) is 7.05 Å². The standard InChI is InChI=1S/C22H18F3N5OS/c1-11-27-15-5-3-4-14(20(15)32-11)18-17(22(23,24)25)19(30(2)29-18)21(31)28-13-8-9-26-16(10-13)12-6-7-12/h3-5,8-10,12H,6-7H2,1-2H3,(H,26,28,31). The maximum Gasteiger partial charge on any atom is 0.420 e. The molecule has 0 spiro atoms. The largest absolute Gasteiger partial charge is 0.420 e. The Kier molecular flexibility index (Phi) is 4.77. The highest BCUT2D eigenvalue weighted by Gasteiger charge is 2.42. The number of aryl methyl sites for hydroxylation is 2. The van der Waals surface area contributed by atoms with Gasteiger partial charge in [0, 0.05) is 36.1 Å². The molecule has 0 atom stereocenters. The van der Waals surface area contributed by atoms with E-state index in [4.69, 9.17) is 0 Å². The fourth-order valence-corrected chi connectivity index (χ4v) is 4.74. The molecule has 3 aromatic heterocycles. The van der Waals surface area contributed by atoms with Crippen LogP contribution in [0.25, 0.3) is 21.5 Å². The van der Waals surface area contributed by atoms with Crippen LogP contribution in [0.3, 0.4) is 0 Å². The zero-order valence-electron chi connectivity index (χ0n) is 17.2. The second kappa shape index (κ2) is 7.40. The minimum atomic E-state index is -4.78. The molecule has 3 heterocycles. The van der Waals surface area contributed by atoms with Gasteiger partial charge >= 0.3 is 6.18 Å². The molecule has 6 nitrogen and oxygen atoms in total. The lowest BCUT2D eigenvalue weighted by molar-refractivity contribution is -0.137.